The molecule has 0 aliphatic carbocycles. The lowest BCUT2D eigenvalue weighted by Crippen LogP contribution is -1.61. The second-order valence-electron chi connectivity index (χ2n) is 0.656. The molecule has 1 heterocycles. The maximum atomic E-state index is 3.49. The Hall–Kier alpha value is -0.860. The molecule has 1 aromatic heterocycles. The van der Waals surface area contributed by atoms with E-state index in [0.29, 0.717) is 0 Å². The highest BCUT2D eigenvalue weighted by atomic mass is 15.3. The fourth-order valence-electron chi connectivity index (χ4n) is 0.167. The average Bonchev–Trinajstić information content (AvgIpc) is 1.76. The van der Waals surface area contributed by atoms with Crippen molar-refractivity contribution in [3.63, 3.8) is 0 Å². The summed E-state index contributed by atoms with van der Waals surface area (Å²) in [4.78, 5) is 0. The minimum Gasteiger partial charge on any atom is -0.198 e. The van der Waals surface area contributed by atoms with Gasteiger partial charge in [0.2, 0.25) is 0 Å². The van der Waals surface area contributed by atoms with Crippen molar-refractivity contribution in [2.45, 2.75) is 0 Å². The van der Waals surface area contributed by atoms with E-state index < -0.39 is 0 Å². The summed E-state index contributed by atoms with van der Waals surface area (Å²) in [6, 6.07) is 0. The molecule has 0 saturated carbocycles. The minimum atomic E-state index is 1.58. The van der Waals surface area contributed by atoms with Gasteiger partial charge in [-0.1, -0.05) is 0 Å². The summed E-state index contributed by atoms with van der Waals surface area (Å²) in [5.41, 5.74) is 0. The van der Waals surface area contributed by atoms with Crippen molar-refractivity contribution in [2.24, 2.45) is 0 Å². The molecule has 0 radical (unpaired) electrons. The van der Waals surface area contributed by atoms with Gasteiger partial charge in [0.15, 0.2) is 0 Å². The molecule has 0 aliphatic heterocycles. The lowest BCUT2D eigenvalue weighted by molar-refractivity contribution is 0.940. The standard InChI is InChI=1S/C2H3N3/c1-2-4-5-3-1/h1-2H,(H,3,4,5)/i1+1. The molecule has 1 N–H and O–H groups in total. The first kappa shape index (κ1) is 2.38. The lowest BCUT2D eigenvalue weighted by Gasteiger charge is -1.48. The predicted molar refractivity (Wildman–Crippen MR) is 16.4 cm³/mol. The highest BCUT2D eigenvalue weighted by Crippen LogP contribution is 1.55. The van der Waals surface area contributed by atoms with E-state index in [1.54, 1.807) is 12.4 Å². The number of hydrogen-bond acceptors (Lipinski definition) is 2. The first-order valence-electron chi connectivity index (χ1n) is 1.30. The molecule has 0 aromatic carbocycles. The summed E-state index contributed by atoms with van der Waals surface area (Å²) >= 11 is 0. The van der Waals surface area contributed by atoms with E-state index >= 15 is 0 Å². The molecule has 5 heavy (non-hydrogen) atoms. The van der Waals surface area contributed by atoms with Gasteiger partial charge in [-0.05, 0) is 0 Å². The average molecular weight is 70.1 g/mol. The molecule has 26 valence electrons. The summed E-state index contributed by atoms with van der Waals surface area (Å²) in [6.45, 7) is 0. The molecular formula is C2H3N3. The molecule has 1 rings (SSSR count). The van der Waals surface area contributed by atoms with Crippen LogP contribution < -0.4 is 0 Å². The number of hydrogen-bond donors (Lipinski definition) is 1. The van der Waals surface area contributed by atoms with E-state index in [0.717, 1.165) is 0 Å². The smallest absolute Gasteiger partial charge is 0.0690 e. The van der Waals surface area contributed by atoms with Gasteiger partial charge >= 0.3 is 0 Å². The van der Waals surface area contributed by atoms with Crippen molar-refractivity contribution in [1.29, 1.82) is 0 Å². The predicted octanol–water partition coefficient (Wildman–Crippen LogP) is -0.195. The van der Waals surface area contributed by atoms with Crippen LogP contribution in [0.3, 0.4) is 0 Å². The van der Waals surface area contributed by atoms with Crippen LogP contribution in [-0.2, 0) is 0 Å². The zero-order valence-corrected chi connectivity index (χ0v) is 2.55. The number of aromatic amines is 1. The van der Waals surface area contributed by atoms with E-state index in [-0.39, 0.29) is 0 Å². The second-order valence-corrected chi connectivity index (χ2v) is 0.656. The Morgan fingerprint density at radius 3 is 2.00 bits per heavy atom. The van der Waals surface area contributed by atoms with Gasteiger partial charge in [-0.3, -0.25) is 0 Å². The lowest BCUT2D eigenvalue weighted by atomic mass is 11.3. The SMILES string of the molecule is c1[13cH]n[nH]n1. The van der Waals surface area contributed by atoms with E-state index in [9.17, 15) is 0 Å². The van der Waals surface area contributed by atoms with E-state index in [1.807, 2.05) is 0 Å². The third kappa shape index (κ3) is 0.238. The Morgan fingerprint density at radius 2 is 1.80 bits per heavy atom. The topological polar surface area (TPSA) is 41.6 Å². The third-order valence-electron chi connectivity index (χ3n) is 0.331. The fraction of sp³-hybridized carbons (Fsp3) is 0. The van der Waals surface area contributed by atoms with Gasteiger partial charge in [0.05, 0.1) is 12.4 Å². The van der Waals surface area contributed by atoms with Crippen LogP contribution >= 0.6 is 0 Å². The van der Waals surface area contributed by atoms with Crippen LogP contribution in [0.25, 0.3) is 0 Å². The highest BCUT2D eigenvalue weighted by Gasteiger charge is 1.57. The van der Waals surface area contributed by atoms with Crippen LogP contribution in [0.2, 0.25) is 0 Å². The molecule has 0 amide bonds. The summed E-state index contributed by atoms with van der Waals surface area (Å²) in [5, 5.41) is 9.33. The number of aromatic nitrogens is 3. The Kier molecular flexibility index (Phi) is 0.400. The summed E-state index contributed by atoms with van der Waals surface area (Å²) in [5.74, 6) is 0. The van der Waals surface area contributed by atoms with Crippen molar-refractivity contribution in [1.82, 2.24) is 15.4 Å². The Labute approximate surface area is 29.0 Å². The molecule has 0 saturated heterocycles. The molecule has 0 unspecified atom stereocenters. The number of H-pyrrole nitrogens is 1. The van der Waals surface area contributed by atoms with E-state index in [1.165, 1.54) is 0 Å². The van der Waals surface area contributed by atoms with Crippen LogP contribution in [0.4, 0.5) is 0 Å². The molecule has 0 aliphatic rings. The van der Waals surface area contributed by atoms with Gasteiger partial charge in [0, 0.05) is 0 Å². The molecule has 3 nitrogen and oxygen atoms in total. The molecule has 1 aromatic rings. The molecule has 0 bridgehead atoms. The molecule has 3 heteroatoms. The van der Waals surface area contributed by atoms with Crippen LogP contribution in [0, 0.1) is 0 Å². The van der Waals surface area contributed by atoms with E-state index in [2.05, 4.69) is 15.4 Å². The van der Waals surface area contributed by atoms with Gasteiger partial charge in [-0.15, -0.1) is 0 Å². The van der Waals surface area contributed by atoms with Crippen LogP contribution in [0.15, 0.2) is 12.4 Å². The Bertz CT molecular complexity index is 61.4. The minimum absolute atomic E-state index is 1.58. The second kappa shape index (κ2) is 0.839. The first-order chi connectivity index (χ1) is 2.50. The number of rotatable bonds is 0. The van der Waals surface area contributed by atoms with Gasteiger partial charge in [0.25, 0.3) is 0 Å². The van der Waals surface area contributed by atoms with Gasteiger partial charge in [-0.25, -0.2) is 0 Å². The summed E-state index contributed by atoms with van der Waals surface area (Å²) < 4.78 is 0. The Morgan fingerprint density at radius 1 is 1.20 bits per heavy atom. The molecule has 0 fully saturated rings. The van der Waals surface area contributed by atoms with Crippen LogP contribution in [-0.4, -0.2) is 15.4 Å². The van der Waals surface area contributed by atoms with Crippen LogP contribution in [0.1, 0.15) is 0 Å². The quantitative estimate of drug-likeness (QED) is 0.459. The van der Waals surface area contributed by atoms with Gasteiger partial charge in [0.1, 0.15) is 0 Å². The molecular weight excluding hydrogens is 67.0 g/mol. The largest absolute Gasteiger partial charge is 0.198 e. The van der Waals surface area contributed by atoms with Crippen molar-refractivity contribution < 1.29 is 0 Å². The molecule has 0 atom stereocenters. The number of nitrogens with one attached hydrogen (secondary N) is 1. The third-order valence-corrected chi connectivity index (χ3v) is 0.331. The van der Waals surface area contributed by atoms with Crippen molar-refractivity contribution in [3.8, 4) is 0 Å². The van der Waals surface area contributed by atoms with E-state index in [4.69, 9.17) is 0 Å². The summed E-state index contributed by atoms with van der Waals surface area (Å²) in [6.07, 6.45) is 3.17. The Balaban J connectivity index is 3.13. The van der Waals surface area contributed by atoms with Crippen molar-refractivity contribution in [3.05, 3.63) is 12.4 Å². The number of nitrogens with zero attached hydrogens (tertiary/aromatic N) is 2. The molecule has 0 spiro atoms. The summed E-state index contributed by atoms with van der Waals surface area (Å²) in [7, 11) is 0. The normalized spacial score (nSPS) is 8.00. The van der Waals surface area contributed by atoms with Gasteiger partial charge in [-0.2, -0.15) is 15.4 Å². The maximum Gasteiger partial charge on any atom is 0.0690 e. The monoisotopic (exact) mass is 70.0 g/mol. The zero-order valence-electron chi connectivity index (χ0n) is 2.55. The first-order valence-corrected chi connectivity index (χ1v) is 1.30. The fourth-order valence-corrected chi connectivity index (χ4v) is 0.167. The van der Waals surface area contributed by atoms with Crippen molar-refractivity contribution >= 4 is 0 Å². The highest BCUT2D eigenvalue weighted by molar-refractivity contribution is 4.54. The van der Waals surface area contributed by atoms with Crippen LogP contribution in [0.5, 0.6) is 0 Å². The van der Waals surface area contributed by atoms with Gasteiger partial charge < -0.3 is 0 Å². The van der Waals surface area contributed by atoms with Crippen molar-refractivity contribution in [2.75, 3.05) is 0 Å². The zero-order chi connectivity index (χ0) is 3.54. The maximum absolute atomic E-state index is 3.49.